The highest BCUT2D eigenvalue weighted by Crippen LogP contribution is 2.35. The second-order valence-electron chi connectivity index (χ2n) is 9.54. The van der Waals surface area contributed by atoms with E-state index in [2.05, 4.69) is 10.4 Å². The summed E-state index contributed by atoms with van der Waals surface area (Å²) in [7, 11) is 3.56. The molecular weight excluding hydrogens is 523 g/mol. The number of benzene rings is 2. The number of amides is 1. The third kappa shape index (κ3) is 8.31. The topological polar surface area (TPSA) is 112 Å². The van der Waals surface area contributed by atoms with Gasteiger partial charge in [-0.3, -0.25) is 14.7 Å². The van der Waals surface area contributed by atoms with Gasteiger partial charge in [-0.25, -0.2) is 5.84 Å². The first kappa shape index (κ1) is 30.7. The molecule has 0 aromatic heterocycles. The van der Waals surface area contributed by atoms with E-state index in [1.54, 1.807) is 49.6 Å². The van der Waals surface area contributed by atoms with Crippen molar-refractivity contribution in [3.05, 3.63) is 82.2 Å². The van der Waals surface area contributed by atoms with Crippen LogP contribution in [0.4, 0.5) is 24.5 Å². The summed E-state index contributed by atoms with van der Waals surface area (Å²) in [5.74, 6) is 5.68. The Morgan fingerprint density at radius 2 is 1.88 bits per heavy atom. The number of halogens is 3. The molecule has 0 radical (unpaired) electrons. The number of alkyl halides is 3. The molecule has 12 heteroatoms. The van der Waals surface area contributed by atoms with Gasteiger partial charge in [0, 0.05) is 56.8 Å². The number of rotatable bonds is 9. The van der Waals surface area contributed by atoms with Crippen LogP contribution < -0.4 is 21.9 Å². The minimum Gasteiger partial charge on any atom is -0.397 e. The Kier molecular flexibility index (Phi) is 10.3. The van der Waals surface area contributed by atoms with Crippen molar-refractivity contribution in [2.75, 3.05) is 50.7 Å². The molecule has 1 aliphatic rings. The molecular formula is C28H36F3N7O2. The van der Waals surface area contributed by atoms with Crippen LogP contribution in [0.15, 0.2) is 65.0 Å². The van der Waals surface area contributed by atoms with Gasteiger partial charge >= 0.3 is 6.18 Å². The molecule has 216 valence electrons. The average molecular weight is 560 g/mol. The maximum atomic E-state index is 13.9. The number of hydrogen-bond donors (Lipinski definition) is 3. The van der Waals surface area contributed by atoms with Crippen molar-refractivity contribution in [3.8, 4) is 0 Å². The minimum atomic E-state index is -4.57. The van der Waals surface area contributed by atoms with E-state index < -0.39 is 17.6 Å². The lowest BCUT2D eigenvalue weighted by atomic mass is 10.0. The van der Waals surface area contributed by atoms with E-state index in [1.807, 2.05) is 18.7 Å². The molecule has 0 saturated carbocycles. The van der Waals surface area contributed by atoms with Crippen molar-refractivity contribution in [2.45, 2.75) is 26.6 Å². The number of hydrazine groups is 1. The molecule has 1 heterocycles. The third-order valence-corrected chi connectivity index (χ3v) is 6.27. The lowest BCUT2D eigenvalue weighted by Crippen LogP contribution is -2.36. The molecule has 1 aliphatic heterocycles. The van der Waals surface area contributed by atoms with Crippen LogP contribution in [0.25, 0.3) is 0 Å². The normalized spacial score (nSPS) is 15.4. The molecule has 1 amide bonds. The summed E-state index contributed by atoms with van der Waals surface area (Å²) in [6.45, 7) is 5.86. The maximum Gasteiger partial charge on any atom is 0.416 e. The van der Waals surface area contributed by atoms with E-state index in [-0.39, 0.29) is 23.4 Å². The first-order valence-corrected chi connectivity index (χ1v) is 12.7. The first-order chi connectivity index (χ1) is 18.9. The molecule has 1 fully saturated rings. The number of nitrogens with zero attached hydrogens (tertiary/aromatic N) is 4. The molecule has 2 aromatic carbocycles. The Labute approximate surface area is 232 Å². The van der Waals surface area contributed by atoms with Crippen molar-refractivity contribution >= 4 is 23.5 Å². The van der Waals surface area contributed by atoms with Crippen LogP contribution >= 0.6 is 0 Å². The number of hydrazone groups is 1. The van der Waals surface area contributed by atoms with Crippen LogP contribution in [0.2, 0.25) is 0 Å². The molecule has 0 bridgehead atoms. The molecule has 3 rings (SSSR count). The van der Waals surface area contributed by atoms with E-state index in [1.165, 1.54) is 23.3 Å². The smallest absolute Gasteiger partial charge is 0.397 e. The summed E-state index contributed by atoms with van der Waals surface area (Å²) in [5.41, 5.74) is 8.07. The second-order valence-corrected chi connectivity index (χ2v) is 9.54. The fourth-order valence-electron chi connectivity index (χ4n) is 4.08. The Morgan fingerprint density at radius 1 is 1.18 bits per heavy atom. The van der Waals surface area contributed by atoms with Gasteiger partial charge in [-0.2, -0.15) is 18.3 Å². The highest BCUT2D eigenvalue weighted by molar-refractivity contribution is 6.05. The zero-order valence-electron chi connectivity index (χ0n) is 23.1. The molecule has 40 heavy (non-hydrogen) atoms. The van der Waals surface area contributed by atoms with Crippen molar-refractivity contribution in [1.29, 1.82) is 0 Å². The standard InChI is InChI=1S/C28H36F3N7O2/c1-5-20(16-34-36(3)4)25(32)18-38(33)26-14-21(7-6-19(26)2)27(39)35-23-9-8-22(24(15-23)28(29,30)31)17-37-10-12-40-13-11-37/h5-9,14-16,18H,10-13,17,32-33H2,1-4H3,(H,35,39)/b20-5-,25-18-,34-16-. The van der Waals surface area contributed by atoms with Gasteiger partial charge in [0.15, 0.2) is 0 Å². The number of nitrogens with two attached hydrogens (primary N) is 2. The minimum absolute atomic E-state index is 0.0387. The van der Waals surface area contributed by atoms with E-state index in [0.717, 1.165) is 11.6 Å². The molecule has 0 atom stereocenters. The van der Waals surface area contributed by atoms with Crippen LogP contribution in [-0.4, -0.2) is 62.4 Å². The molecule has 0 aliphatic carbocycles. The maximum absolute atomic E-state index is 13.9. The predicted molar refractivity (Wildman–Crippen MR) is 152 cm³/mol. The summed E-state index contributed by atoms with van der Waals surface area (Å²) in [6.07, 6.45) is 0.307. The summed E-state index contributed by atoms with van der Waals surface area (Å²) in [6, 6.07) is 8.68. The number of ether oxygens (including phenoxy) is 1. The molecule has 9 nitrogen and oxygen atoms in total. The van der Waals surface area contributed by atoms with Gasteiger partial charge in [0.2, 0.25) is 0 Å². The Bertz CT molecular complexity index is 1280. The second kappa shape index (κ2) is 13.5. The predicted octanol–water partition coefficient (Wildman–Crippen LogP) is 4.07. The lowest BCUT2D eigenvalue weighted by molar-refractivity contribution is -0.138. The number of morpholine rings is 1. The van der Waals surface area contributed by atoms with Crippen LogP contribution in [0.5, 0.6) is 0 Å². The van der Waals surface area contributed by atoms with E-state index in [0.29, 0.717) is 43.3 Å². The number of carbonyl (C=O) groups excluding carboxylic acids is 1. The van der Waals surface area contributed by atoms with Gasteiger partial charge in [0.05, 0.1) is 36.4 Å². The van der Waals surface area contributed by atoms with Crippen LogP contribution in [0.3, 0.4) is 0 Å². The molecule has 1 saturated heterocycles. The largest absolute Gasteiger partial charge is 0.416 e. The first-order valence-electron chi connectivity index (χ1n) is 12.7. The summed E-state index contributed by atoms with van der Waals surface area (Å²) < 4.78 is 47.0. The fourth-order valence-corrected chi connectivity index (χ4v) is 4.08. The van der Waals surface area contributed by atoms with Crippen molar-refractivity contribution in [1.82, 2.24) is 9.91 Å². The van der Waals surface area contributed by atoms with Crippen LogP contribution in [0.1, 0.15) is 34.0 Å². The summed E-state index contributed by atoms with van der Waals surface area (Å²) >= 11 is 0. The average Bonchev–Trinajstić information content (AvgIpc) is 2.89. The SMILES string of the molecule is C/C=C(/C=N\N(C)C)C(\N)=C\N(N)c1cc(C(=O)Nc2ccc(CN3CCOCC3)c(C(F)(F)F)c2)ccc1C. The number of anilines is 2. The van der Waals surface area contributed by atoms with Crippen LogP contribution in [0, 0.1) is 6.92 Å². The van der Waals surface area contributed by atoms with E-state index in [4.69, 9.17) is 16.3 Å². The van der Waals surface area contributed by atoms with Gasteiger partial charge in [-0.15, -0.1) is 0 Å². The summed E-state index contributed by atoms with van der Waals surface area (Å²) in [4.78, 5) is 15.0. The number of aryl methyl sites for hydroxylation is 1. The monoisotopic (exact) mass is 559 g/mol. The number of hydrogen-bond acceptors (Lipinski definition) is 8. The quantitative estimate of drug-likeness (QED) is 0.184. The zero-order chi connectivity index (χ0) is 29.4. The number of carbonyl (C=O) groups is 1. The molecule has 0 unspecified atom stereocenters. The van der Waals surface area contributed by atoms with Crippen molar-refractivity contribution < 1.29 is 22.7 Å². The van der Waals surface area contributed by atoms with Gasteiger partial charge in [0.25, 0.3) is 5.91 Å². The fraction of sp³-hybridized carbons (Fsp3) is 0.357. The molecule has 0 spiro atoms. The Morgan fingerprint density at radius 3 is 2.50 bits per heavy atom. The van der Waals surface area contributed by atoms with Gasteiger partial charge in [0.1, 0.15) is 0 Å². The Hall–Kier alpha value is -3.87. The third-order valence-electron chi connectivity index (χ3n) is 6.27. The lowest BCUT2D eigenvalue weighted by Gasteiger charge is -2.27. The number of allylic oxidation sites excluding steroid dienone is 2. The number of nitrogens with one attached hydrogen (secondary N) is 1. The summed E-state index contributed by atoms with van der Waals surface area (Å²) in [5, 5.41) is 9.67. The zero-order valence-corrected chi connectivity index (χ0v) is 23.1. The molecule has 2 aromatic rings. The van der Waals surface area contributed by atoms with Crippen molar-refractivity contribution in [2.24, 2.45) is 16.7 Å². The highest BCUT2D eigenvalue weighted by Gasteiger charge is 2.34. The van der Waals surface area contributed by atoms with E-state index >= 15 is 0 Å². The highest BCUT2D eigenvalue weighted by atomic mass is 19.4. The van der Waals surface area contributed by atoms with Crippen LogP contribution in [-0.2, 0) is 17.5 Å². The molecule has 5 N–H and O–H groups in total. The van der Waals surface area contributed by atoms with Gasteiger partial charge in [-0.05, 0) is 49.2 Å². The van der Waals surface area contributed by atoms with Gasteiger partial charge < -0.3 is 20.8 Å². The van der Waals surface area contributed by atoms with Crippen molar-refractivity contribution in [3.63, 3.8) is 0 Å². The van der Waals surface area contributed by atoms with Gasteiger partial charge in [-0.1, -0.05) is 18.2 Å². The Balaban J connectivity index is 1.81. The van der Waals surface area contributed by atoms with E-state index in [9.17, 15) is 18.0 Å².